The Labute approximate surface area is 122 Å². The molecule has 21 heavy (non-hydrogen) atoms. The number of carbonyl (C=O) groups excluding carboxylic acids is 1. The van der Waals surface area contributed by atoms with Crippen molar-refractivity contribution >= 4 is 12.1 Å². The number of carbonyl (C=O) groups is 2. The van der Waals surface area contributed by atoms with E-state index in [4.69, 9.17) is 4.74 Å². The third kappa shape index (κ3) is 2.77. The van der Waals surface area contributed by atoms with Crippen LogP contribution in [0.4, 0.5) is 4.79 Å². The van der Waals surface area contributed by atoms with Gasteiger partial charge in [-0.3, -0.25) is 4.79 Å². The number of aliphatic carboxylic acids is 1. The van der Waals surface area contributed by atoms with E-state index in [1.165, 1.54) is 0 Å². The van der Waals surface area contributed by atoms with E-state index in [9.17, 15) is 14.7 Å². The van der Waals surface area contributed by atoms with Crippen LogP contribution in [0.5, 0.6) is 0 Å². The molecule has 0 heterocycles. The minimum atomic E-state index is -0.861. The molecule has 1 saturated carbocycles. The molecule has 3 unspecified atom stereocenters. The van der Waals surface area contributed by atoms with E-state index in [0.717, 1.165) is 12.0 Å². The fourth-order valence-electron chi connectivity index (χ4n) is 3.26. The fraction of sp³-hybridized carbons (Fsp3) is 0.375. The van der Waals surface area contributed by atoms with Crippen molar-refractivity contribution in [2.24, 2.45) is 17.8 Å². The van der Waals surface area contributed by atoms with Gasteiger partial charge in [0, 0.05) is 0 Å². The van der Waals surface area contributed by atoms with Crippen molar-refractivity contribution in [3.63, 3.8) is 0 Å². The molecule has 5 heteroatoms. The van der Waals surface area contributed by atoms with Crippen LogP contribution in [0.1, 0.15) is 12.0 Å². The zero-order chi connectivity index (χ0) is 14.8. The van der Waals surface area contributed by atoms with Crippen molar-refractivity contribution in [3.8, 4) is 0 Å². The first-order valence-corrected chi connectivity index (χ1v) is 7.03. The lowest BCUT2D eigenvalue weighted by molar-refractivity contribution is -0.143. The number of hydrogen-bond acceptors (Lipinski definition) is 3. The van der Waals surface area contributed by atoms with Crippen LogP contribution >= 0.6 is 0 Å². The molecule has 2 bridgehead atoms. The molecule has 2 aliphatic carbocycles. The third-order valence-corrected chi connectivity index (χ3v) is 4.24. The molecule has 1 amide bonds. The van der Waals surface area contributed by atoms with Gasteiger partial charge in [-0.2, -0.15) is 0 Å². The lowest BCUT2D eigenvalue weighted by atomic mass is 9.89. The molecular weight excluding hydrogens is 270 g/mol. The molecule has 110 valence electrons. The molecule has 4 atom stereocenters. The van der Waals surface area contributed by atoms with Crippen LogP contribution in [0.2, 0.25) is 0 Å². The summed E-state index contributed by atoms with van der Waals surface area (Å²) in [7, 11) is 0. The Bertz CT molecular complexity index is 569. The summed E-state index contributed by atoms with van der Waals surface area (Å²) in [6.07, 6.45) is 4.17. The number of carboxylic acids is 1. The monoisotopic (exact) mass is 287 g/mol. The van der Waals surface area contributed by atoms with Crippen LogP contribution in [0.25, 0.3) is 0 Å². The number of allylic oxidation sites excluding steroid dienone is 1. The summed E-state index contributed by atoms with van der Waals surface area (Å²) >= 11 is 0. The molecule has 0 aromatic heterocycles. The largest absolute Gasteiger partial charge is 0.481 e. The highest BCUT2D eigenvalue weighted by atomic mass is 16.5. The predicted octanol–water partition coefficient (Wildman–Crippen LogP) is 2.19. The molecule has 3 rings (SSSR count). The van der Waals surface area contributed by atoms with Gasteiger partial charge in [-0.15, -0.1) is 0 Å². The van der Waals surface area contributed by atoms with Gasteiger partial charge in [0.15, 0.2) is 0 Å². The molecule has 1 aromatic rings. The van der Waals surface area contributed by atoms with Crippen LogP contribution in [0, 0.1) is 17.8 Å². The quantitative estimate of drug-likeness (QED) is 0.832. The Morgan fingerprint density at radius 3 is 2.62 bits per heavy atom. The van der Waals surface area contributed by atoms with E-state index < -0.39 is 18.0 Å². The van der Waals surface area contributed by atoms with Crippen molar-refractivity contribution in [1.82, 2.24) is 5.32 Å². The summed E-state index contributed by atoms with van der Waals surface area (Å²) in [5, 5.41) is 12.0. The van der Waals surface area contributed by atoms with Crippen molar-refractivity contribution in [2.45, 2.75) is 19.1 Å². The first kappa shape index (κ1) is 13.7. The SMILES string of the molecule is O=C(NC1C(C(=O)O)C2C=C[C@H]1C2)OCc1ccccc1. The molecule has 0 saturated heterocycles. The second kappa shape index (κ2) is 5.60. The van der Waals surface area contributed by atoms with E-state index >= 15 is 0 Å². The Hall–Kier alpha value is -2.30. The Morgan fingerprint density at radius 2 is 1.90 bits per heavy atom. The molecule has 0 radical (unpaired) electrons. The molecule has 1 fully saturated rings. The van der Waals surface area contributed by atoms with Gasteiger partial charge < -0.3 is 15.2 Å². The first-order valence-electron chi connectivity index (χ1n) is 7.03. The Kier molecular flexibility index (Phi) is 3.64. The standard InChI is InChI=1S/C16H17NO4/c18-15(19)13-11-6-7-12(8-11)14(13)17-16(20)21-9-10-4-2-1-3-5-10/h1-7,11-14H,8-9H2,(H,17,20)(H,18,19)/t11?,12-,13?,14?/m0/s1. The number of carboxylic acid groups (broad SMARTS) is 1. The van der Waals surface area contributed by atoms with Gasteiger partial charge in [0.05, 0.1) is 12.0 Å². The Morgan fingerprint density at radius 1 is 1.19 bits per heavy atom. The van der Waals surface area contributed by atoms with E-state index in [2.05, 4.69) is 5.32 Å². The average molecular weight is 287 g/mol. The number of ether oxygens (including phenoxy) is 1. The molecule has 2 aliphatic rings. The van der Waals surface area contributed by atoms with Crippen molar-refractivity contribution in [2.75, 3.05) is 0 Å². The number of amides is 1. The van der Waals surface area contributed by atoms with Crippen molar-refractivity contribution in [3.05, 3.63) is 48.0 Å². The highest BCUT2D eigenvalue weighted by molar-refractivity contribution is 5.75. The molecule has 1 aromatic carbocycles. The van der Waals surface area contributed by atoms with Gasteiger partial charge >= 0.3 is 12.1 Å². The topological polar surface area (TPSA) is 75.6 Å². The lowest BCUT2D eigenvalue weighted by Crippen LogP contribution is -2.45. The summed E-state index contributed by atoms with van der Waals surface area (Å²) in [4.78, 5) is 23.2. The van der Waals surface area contributed by atoms with Gasteiger partial charge in [0.2, 0.25) is 0 Å². The zero-order valence-corrected chi connectivity index (χ0v) is 11.4. The van der Waals surface area contributed by atoms with E-state index in [-0.39, 0.29) is 24.5 Å². The van der Waals surface area contributed by atoms with Gasteiger partial charge in [-0.1, -0.05) is 42.5 Å². The molecule has 0 spiro atoms. The van der Waals surface area contributed by atoms with Gasteiger partial charge in [0.25, 0.3) is 0 Å². The average Bonchev–Trinajstić information content (AvgIpc) is 3.07. The number of fused-ring (bicyclic) bond motifs is 2. The van der Waals surface area contributed by atoms with Crippen LogP contribution in [0.15, 0.2) is 42.5 Å². The second-order valence-corrected chi connectivity index (χ2v) is 5.54. The number of hydrogen-bond donors (Lipinski definition) is 2. The zero-order valence-electron chi connectivity index (χ0n) is 11.4. The van der Waals surface area contributed by atoms with E-state index in [1.54, 1.807) is 0 Å². The number of benzene rings is 1. The molecular formula is C16H17NO4. The minimum absolute atomic E-state index is 0.0203. The van der Waals surface area contributed by atoms with E-state index in [1.807, 2.05) is 42.5 Å². The smallest absolute Gasteiger partial charge is 0.407 e. The summed E-state index contributed by atoms with van der Waals surface area (Å²) < 4.78 is 5.16. The van der Waals surface area contributed by atoms with Gasteiger partial charge in [-0.05, 0) is 23.8 Å². The summed E-state index contributed by atoms with van der Waals surface area (Å²) in [5.74, 6) is -1.29. The van der Waals surface area contributed by atoms with Gasteiger partial charge in [0.1, 0.15) is 6.61 Å². The first-order chi connectivity index (χ1) is 10.1. The second-order valence-electron chi connectivity index (χ2n) is 5.54. The third-order valence-electron chi connectivity index (χ3n) is 4.24. The molecule has 2 N–H and O–H groups in total. The normalized spacial score (nSPS) is 29.3. The summed E-state index contributed by atoms with van der Waals surface area (Å²) in [5.41, 5.74) is 0.898. The summed E-state index contributed by atoms with van der Waals surface area (Å²) in [6, 6.07) is 9.00. The number of rotatable bonds is 4. The van der Waals surface area contributed by atoms with Crippen molar-refractivity contribution < 1.29 is 19.4 Å². The lowest BCUT2D eigenvalue weighted by Gasteiger charge is -2.25. The highest BCUT2D eigenvalue weighted by Gasteiger charge is 2.49. The summed E-state index contributed by atoms with van der Waals surface area (Å²) in [6.45, 7) is 0.182. The van der Waals surface area contributed by atoms with Crippen LogP contribution in [-0.2, 0) is 16.1 Å². The maximum atomic E-state index is 11.9. The fourth-order valence-corrected chi connectivity index (χ4v) is 3.26. The molecule has 0 aliphatic heterocycles. The van der Waals surface area contributed by atoms with Crippen LogP contribution < -0.4 is 5.32 Å². The highest BCUT2D eigenvalue weighted by Crippen LogP contribution is 2.43. The molecule has 5 nitrogen and oxygen atoms in total. The predicted molar refractivity (Wildman–Crippen MR) is 75.4 cm³/mol. The maximum Gasteiger partial charge on any atom is 0.407 e. The number of alkyl carbamates (subject to hydrolysis) is 1. The Balaban J connectivity index is 1.57. The van der Waals surface area contributed by atoms with Crippen molar-refractivity contribution in [1.29, 1.82) is 0 Å². The maximum absolute atomic E-state index is 11.9. The van der Waals surface area contributed by atoms with Gasteiger partial charge in [-0.25, -0.2) is 4.79 Å². The minimum Gasteiger partial charge on any atom is -0.481 e. The van der Waals surface area contributed by atoms with E-state index in [0.29, 0.717) is 0 Å². The van der Waals surface area contributed by atoms with Crippen LogP contribution in [-0.4, -0.2) is 23.2 Å². The van der Waals surface area contributed by atoms with Crippen LogP contribution in [0.3, 0.4) is 0 Å². The number of nitrogens with one attached hydrogen (secondary N) is 1.